The van der Waals surface area contributed by atoms with E-state index in [4.69, 9.17) is 4.42 Å². The maximum absolute atomic E-state index is 12.3. The average Bonchev–Trinajstić information content (AvgIpc) is 2.93. The summed E-state index contributed by atoms with van der Waals surface area (Å²) < 4.78 is 5.10. The molecule has 8 nitrogen and oxygen atoms in total. The van der Waals surface area contributed by atoms with E-state index in [1.54, 1.807) is 20.8 Å². The number of rotatable bonds is 7. The molecule has 1 aromatic heterocycles. The van der Waals surface area contributed by atoms with Crippen LogP contribution < -0.4 is 10.6 Å². The number of oxazole rings is 1. The van der Waals surface area contributed by atoms with Crippen molar-refractivity contribution in [3.63, 3.8) is 0 Å². The van der Waals surface area contributed by atoms with Crippen molar-refractivity contribution in [3.8, 4) is 0 Å². The Kier molecular flexibility index (Phi) is 6.65. The predicted molar refractivity (Wildman–Crippen MR) is 87.4 cm³/mol. The lowest BCUT2D eigenvalue weighted by molar-refractivity contribution is -0.137. The molecule has 0 spiro atoms. The molecule has 1 heterocycles. The van der Waals surface area contributed by atoms with E-state index in [2.05, 4.69) is 15.6 Å². The summed E-state index contributed by atoms with van der Waals surface area (Å²) >= 11 is 0. The summed E-state index contributed by atoms with van der Waals surface area (Å²) in [4.78, 5) is 39.4. The normalized spacial score (nSPS) is 13.9. The first-order valence-corrected chi connectivity index (χ1v) is 7.82. The Morgan fingerprint density at radius 1 is 1.29 bits per heavy atom. The monoisotopic (exact) mass is 339 g/mol. The summed E-state index contributed by atoms with van der Waals surface area (Å²) in [7, 11) is 0. The Morgan fingerprint density at radius 2 is 1.92 bits per heavy atom. The molecular weight excluding hydrogens is 314 g/mol. The Labute approximate surface area is 141 Å². The second-order valence-corrected chi connectivity index (χ2v) is 6.69. The van der Waals surface area contributed by atoms with E-state index in [0.717, 1.165) is 0 Å². The molecule has 134 valence electrons. The van der Waals surface area contributed by atoms with Crippen molar-refractivity contribution in [1.82, 2.24) is 10.3 Å². The van der Waals surface area contributed by atoms with Gasteiger partial charge in [-0.05, 0) is 11.8 Å². The molecule has 8 heteroatoms. The molecule has 2 unspecified atom stereocenters. The van der Waals surface area contributed by atoms with Crippen LogP contribution in [0.1, 0.15) is 58.0 Å². The van der Waals surface area contributed by atoms with E-state index in [-0.39, 0.29) is 17.6 Å². The lowest BCUT2D eigenvalue weighted by atomic mass is 9.88. The number of anilines is 1. The number of aliphatic hydroxyl groups is 1. The van der Waals surface area contributed by atoms with Crippen molar-refractivity contribution in [1.29, 1.82) is 0 Å². The third kappa shape index (κ3) is 5.45. The fourth-order valence-electron chi connectivity index (χ4n) is 1.89. The van der Waals surface area contributed by atoms with Crippen molar-refractivity contribution in [2.45, 2.75) is 59.6 Å². The number of Topliss-reactive ketones (excluding diaryl/α,β-unsaturated/α-hetero) is 1. The van der Waals surface area contributed by atoms with Gasteiger partial charge in [0.15, 0.2) is 11.5 Å². The molecule has 2 amide bonds. The summed E-state index contributed by atoms with van der Waals surface area (Å²) in [5.74, 6) is -1.42. The summed E-state index contributed by atoms with van der Waals surface area (Å²) in [6.07, 6.45) is 1.01. The van der Waals surface area contributed by atoms with Gasteiger partial charge in [0.2, 0.25) is 5.91 Å². The highest BCUT2D eigenvalue weighted by molar-refractivity contribution is 5.97. The zero-order valence-corrected chi connectivity index (χ0v) is 14.7. The predicted octanol–water partition coefficient (Wildman–Crippen LogP) is 1.51. The lowest BCUT2D eigenvalue weighted by Crippen LogP contribution is -2.50. The van der Waals surface area contributed by atoms with Gasteiger partial charge >= 0.3 is 6.01 Å². The van der Waals surface area contributed by atoms with Gasteiger partial charge in [-0.3, -0.25) is 19.7 Å². The van der Waals surface area contributed by atoms with E-state index >= 15 is 0 Å². The zero-order valence-electron chi connectivity index (χ0n) is 14.7. The quantitative estimate of drug-likeness (QED) is 0.647. The van der Waals surface area contributed by atoms with Crippen molar-refractivity contribution in [2.75, 3.05) is 5.32 Å². The minimum atomic E-state index is -1.24. The summed E-state index contributed by atoms with van der Waals surface area (Å²) in [6.45, 7) is 8.36. The van der Waals surface area contributed by atoms with E-state index in [9.17, 15) is 19.5 Å². The summed E-state index contributed by atoms with van der Waals surface area (Å²) in [5.41, 5.74) is -0.643. The van der Waals surface area contributed by atoms with Crippen LogP contribution in [0.2, 0.25) is 0 Å². The van der Waals surface area contributed by atoms with Crippen LogP contribution in [0.4, 0.5) is 6.01 Å². The van der Waals surface area contributed by atoms with Gasteiger partial charge in [0.05, 0.1) is 6.20 Å². The highest BCUT2D eigenvalue weighted by atomic mass is 16.4. The molecule has 0 aliphatic heterocycles. The third-order valence-corrected chi connectivity index (χ3v) is 3.36. The van der Waals surface area contributed by atoms with Gasteiger partial charge in [-0.15, -0.1) is 0 Å². The Morgan fingerprint density at radius 3 is 2.38 bits per heavy atom. The summed E-state index contributed by atoms with van der Waals surface area (Å²) in [5, 5.41) is 15.0. The smallest absolute Gasteiger partial charge is 0.302 e. The molecule has 0 fully saturated rings. The molecule has 1 aromatic rings. The van der Waals surface area contributed by atoms with Gasteiger partial charge in [0.1, 0.15) is 12.1 Å². The number of hydrogen-bond acceptors (Lipinski definition) is 6. The molecule has 2 atom stereocenters. The van der Waals surface area contributed by atoms with Crippen LogP contribution in [0.3, 0.4) is 0 Å². The number of carbonyl (C=O) groups is 3. The minimum Gasteiger partial charge on any atom is -0.420 e. The Hall–Kier alpha value is -2.22. The fraction of sp³-hybridized carbons (Fsp3) is 0.625. The second-order valence-electron chi connectivity index (χ2n) is 6.69. The van der Waals surface area contributed by atoms with Crippen LogP contribution >= 0.6 is 0 Å². The average molecular weight is 339 g/mol. The SMILES string of the molecule is CCCC(NC(=O)C(O)C(C)(C)C)C(=O)Nc1ncc(C(C)=O)o1. The van der Waals surface area contributed by atoms with Gasteiger partial charge in [0, 0.05) is 6.92 Å². The zero-order chi connectivity index (χ0) is 18.5. The van der Waals surface area contributed by atoms with Crippen LogP contribution in [-0.4, -0.2) is 39.8 Å². The molecule has 0 bridgehead atoms. The fourth-order valence-corrected chi connectivity index (χ4v) is 1.89. The number of amides is 2. The number of carbonyl (C=O) groups excluding carboxylic acids is 3. The number of nitrogens with one attached hydrogen (secondary N) is 2. The maximum Gasteiger partial charge on any atom is 0.302 e. The standard InChI is InChI=1S/C16H25N3O5/c1-6-7-10(18-14(23)12(21)16(3,4)5)13(22)19-15-17-8-11(24-15)9(2)20/h8,10,12,21H,6-7H2,1-5H3,(H,18,23)(H,17,19,22). The van der Waals surface area contributed by atoms with Crippen molar-refractivity contribution in [2.24, 2.45) is 5.41 Å². The van der Waals surface area contributed by atoms with Gasteiger partial charge < -0.3 is 14.8 Å². The van der Waals surface area contributed by atoms with E-state index in [1.165, 1.54) is 13.1 Å². The first-order chi connectivity index (χ1) is 11.1. The van der Waals surface area contributed by atoms with Crippen LogP contribution in [-0.2, 0) is 9.59 Å². The second kappa shape index (κ2) is 8.05. The van der Waals surface area contributed by atoms with Crippen LogP contribution in [0, 0.1) is 5.41 Å². The molecule has 0 aliphatic rings. The molecule has 0 aromatic carbocycles. The van der Waals surface area contributed by atoms with Crippen LogP contribution in [0.25, 0.3) is 0 Å². The number of aliphatic hydroxyl groups excluding tert-OH is 1. The van der Waals surface area contributed by atoms with E-state index in [1.807, 2.05) is 6.92 Å². The molecule has 0 saturated carbocycles. The first-order valence-electron chi connectivity index (χ1n) is 7.82. The number of ketones is 1. The molecule has 3 N–H and O–H groups in total. The minimum absolute atomic E-state index is 0.0320. The number of hydrogen-bond donors (Lipinski definition) is 3. The number of nitrogens with zero attached hydrogens (tertiary/aromatic N) is 1. The van der Waals surface area contributed by atoms with Crippen LogP contribution in [0.15, 0.2) is 10.6 Å². The van der Waals surface area contributed by atoms with E-state index < -0.39 is 29.4 Å². The summed E-state index contributed by atoms with van der Waals surface area (Å²) in [6, 6.07) is -0.955. The third-order valence-electron chi connectivity index (χ3n) is 3.36. The molecular formula is C16H25N3O5. The highest BCUT2D eigenvalue weighted by Gasteiger charge is 2.32. The molecule has 0 saturated heterocycles. The van der Waals surface area contributed by atoms with Gasteiger partial charge in [-0.25, -0.2) is 4.98 Å². The first kappa shape index (κ1) is 19.8. The van der Waals surface area contributed by atoms with Crippen molar-refractivity contribution < 1.29 is 23.9 Å². The highest BCUT2D eigenvalue weighted by Crippen LogP contribution is 2.19. The lowest BCUT2D eigenvalue weighted by Gasteiger charge is -2.26. The van der Waals surface area contributed by atoms with Gasteiger partial charge in [-0.2, -0.15) is 0 Å². The Bertz CT molecular complexity index is 603. The number of aromatic nitrogens is 1. The topological polar surface area (TPSA) is 122 Å². The molecule has 0 radical (unpaired) electrons. The van der Waals surface area contributed by atoms with E-state index in [0.29, 0.717) is 12.8 Å². The maximum atomic E-state index is 12.3. The van der Waals surface area contributed by atoms with Crippen molar-refractivity contribution >= 4 is 23.6 Å². The van der Waals surface area contributed by atoms with Crippen molar-refractivity contribution in [3.05, 3.63) is 12.0 Å². The van der Waals surface area contributed by atoms with Gasteiger partial charge in [-0.1, -0.05) is 34.1 Å². The molecule has 1 rings (SSSR count). The van der Waals surface area contributed by atoms with Gasteiger partial charge in [0.25, 0.3) is 5.91 Å². The molecule has 24 heavy (non-hydrogen) atoms. The Balaban J connectivity index is 2.77. The largest absolute Gasteiger partial charge is 0.420 e. The van der Waals surface area contributed by atoms with Crippen LogP contribution in [0.5, 0.6) is 0 Å². The molecule has 0 aliphatic carbocycles.